The largest absolute Gasteiger partial charge is 0.491 e. The van der Waals surface area contributed by atoms with Crippen molar-refractivity contribution in [2.45, 2.75) is 20.0 Å². The molecule has 0 fully saturated rings. The normalized spacial score (nSPS) is 10.7. The van der Waals surface area contributed by atoms with Crippen molar-refractivity contribution in [2.24, 2.45) is 0 Å². The number of nitrogens with zero attached hydrogens (tertiary/aromatic N) is 1. The van der Waals surface area contributed by atoms with Crippen molar-refractivity contribution in [1.82, 2.24) is 4.57 Å². The van der Waals surface area contributed by atoms with Crippen LogP contribution in [0.2, 0.25) is 0 Å². The molecule has 3 rings (SSSR count). The fraction of sp³-hybridized carbons (Fsp3) is 0.150. The van der Waals surface area contributed by atoms with Gasteiger partial charge in [-0.3, -0.25) is 9.36 Å². The van der Waals surface area contributed by atoms with Gasteiger partial charge < -0.3 is 4.74 Å². The highest BCUT2D eigenvalue weighted by atomic mass is 16.5. The summed E-state index contributed by atoms with van der Waals surface area (Å²) in [4.78, 5) is 12.2. The van der Waals surface area contributed by atoms with Crippen molar-refractivity contribution < 1.29 is 4.74 Å². The van der Waals surface area contributed by atoms with E-state index in [4.69, 9.17) is 4.74 Å². The minimum absolute atomic E-state index is 0.0535. The standard InChI is InChI=1S/C20H19NO2/c1-15(2)23-19-11-9-18(10-12-19)21-14-17(8-13-20(21)22)16-6-4-3-5-7-16/h3-15H,1-2H3. The molecule has 0 aliphatic heterocycles. The average Bonchev–Trinajstić information content (AvgIpc) is 2.56. The highest BCUT2D eigenvalue weighted by Gasteiger charge is 2.04. The van der Waals surface area contributed by atoms with Crippen molar-refractivity contribution in [3.05, 3.63) is 83.3 Å². The van der Waals surface area contributed by atoms with Crippen molar-refractivity contribution in [2.75, 3.05) is 0 Å². The maximum atomic E-state index is 12.2. The molecular weight excluding hydrogens is 286 g/mol. The summed E-state index contributed by atoms with van der Waals surface area (Å²) in [5.41, 5.74) is 2.86. The Labute approximate surface area is 135 Å². The van der Waals surface area contributed by atoms with Gasteiger partial charge >= 0.3 is 0 Å². The maximum Gasteiger partial charge on any atom is 0.255 e. The minimum Gasteiger partial charge on any atom is -0.491 e. The van der Waals surface area contributed by atoms with Crippen LogP contribution in [0.4, 0.5) is 0 Å². The van der Waals surface area contributed by atoms with Crippen molar-refractivity contribution in [1.29, 1.82) is 0 Å². The van der Waals surface area contributed by atoms with E-state index >= 15 is 0 Å². The first-order chi connectivity index (χ1) is 11.1. The van der Waals surface area contributed by atoms with E-state index in [0.29, 0.717) is 0 Å². The molecule has 0 saturated heterocycles. The third kappa shape index (κ3) is 3.51. The fourth-order valence-corrected chi connectivity index (χ4v) is 2.45. The predicted molar refractivity (Wildman–Crippen MR) is 93.2 cm³/mol. The van der Waals surface area contributed by atoms with Gasteiger partial charge in [0.1, 0.15) is 5.75 Å². The third-order valence-electron chi connectivity index (χ3n) is 3.50. The van der Waals surface area contributed by atoms with Gasteiger partial charge in [0.25, 0.3) is 5.56 Å². The van der Waals surface area contributed by atoms with Crippen LogP contribution in [-0.4, -0.2) is 10.7 Å². The van der Waals surface area contributed by atoms with Gasteiger partial charge in [0.15, 0.2) is 0 Å². The molecule has 3 heteroatoms. The lowest BCUT2D eigenvalue weighted by Crippen LogP contribution is -2.16. The van der Waals surface area contributed by atoms with Crippen LogP contribution in [-0.2, 0) is 0 Å². The number of pyridine rings is 1. The zero-order chi connectivity index (χ0) is 16.2. The van der Waals surface area contributed by atoms with E-state index in [9.17, 15) is 4.79 Å². The van der Waals surface area contributed by atoms with Gasteiger partial charge in [-0.1, -0.05) is 30.3 Å². The fourth-order valence-electron chi connectivity index (χ4n) is 2.45. The van der Waals surface area contributed by atoms with Crippen LogP contribution in [0.25, 0.3) is 16.8 Å². The Morgan fingerprint density at radius 1 is 0.826 bits per heavy atom. The van der Waals surface area contributed by atoms with E-state index in [0.717, 1.165) is 22.6 Å². The van der Waals surface area contributed by atoms with E-state index < -0.39 is 0 Å². The van der Waals surface area contributed by atoms with E-state index in [-0.39, 0.29) is 11.7 Å². The molecule has 0 spiro atoms. The smallest absolute Gasteiger partial charge is 0.255 e. The number of benzene rings is 2. The summed E-state index contributed by atoms with van der Waals surface area (Å²) >= 11 is 0. The summed E-state index contributed by atoms with van der Waals surface area (Å²) < 4.78 is 7.30. The second-order valence-corrected chi connectivity index (χ2v) is 5.65. The van der Waals surface area contributed by atoms with E-state index in [1.54, 1.807) is 10.6 Å². The number of hydrogen-bond acceptors (Lipinski definition) is 2. The quantitative estimate of drug-likeness (QED) is 0.720. The van der Waals surface area contributed by atoms with Gasteiger partial charge in [0.2, 0.25) is 0 Å². The molecule has 0 bridgehead atoms. The topological polar surface area (TPSA) is 31.2 Å². The van der Waals surface area contributed by atoms with Crippen LogP contribution < -0.4 is 10.3 Å². The second kappa shape index (κ2) is 6.53. The lowest BCUT2D eigenvalue weighted by atomic mass is 10.1. The third-order valence-corrected chi connectivity index (χ3v) is 3.50. The van der Waals surface area contributed by atoms with Crippen molar-refractivity contribution in [3.63, 3.8) is 0 Å². The molecule has 1 aromatic heterocycles. The second-order valence-electron chi connectivity index (χ2n) is 5.65. The first-order valence-corrected chi connectivity index (χ1v) is 7.69. The Kier molecular flexibility index (Phi) is 4.29. The molecule has 0 radical (unpaired) electrons. The molecule has 2 aromatic carbocycles. The number of rotatable bonds is 4. The average molecular weight is 305 g/mol. The molecule has 116 valence electrons. The van der Waals surface area contributed by atoms with Crippen LogP contribution >= 0.6 is 0 Å². The Balaban J connectivity index is 1.98. The van der Waals surface area contributed by atoms with Gasteiger partial charge in [-0.25, -0.2) is 0 Å². The number of ether oxygens (including phenoxy) is 1. The van der Waals surface area contributed by atoms with Gasteiger partial charge in [0.05, 0.1) is 6.10 Å². The summed E-state index contributed by atoms with van der Waals surface area (Å²) in [5, 5.41) is 0. The summed E-state index contributed by atoms with van der Waals surface area (Å²) in [6.45, 7) is 3.98. The van der Waals surface area contributed by atoms with Crippen LogP contribution in [0, 0.1) is 0 Å². The SMILES string of the molecule is CC(C)Oc1ccc(-n2cc(-c3ccccc3)ccc2=O)cc1. The highest BCUT2D eigenvalue weighted by molar-refractivity contribution is 5.62. The molecule has 23 heavy (non-hydrogen) atoms. The monoisotopic (exact) mass is 305 g/mol. The molecule has 0 aliphatic carbocycles. The molecule has 3 nitrogen and oxygen atoms in total. The zero-order valence-electron chi connectivity index (χ0n) is 13.3. The summed E-state index contributed by atoms with van der Waals surface area (Å²) in [5.74, 6) is 0.802. The Bertz CT molecular complexity index is 834. The summed E-state index contributed by atoms with van der Waals surface area (Å²) in [7, 11) is 0. The lowest BCUT2D eigenvalue weighted by Gasteiger charge is -2.12. The summed E-state index contributed by atoms with van der Waals surface area (Å²) in [6.07, 6.45) is 2.00. The molecule has 3 aromatic rings. The maximum absolute atomic E-state index is 12.2. The van der Waals surface area contributed by atoms with Gasteiger partial charge in [0, 0.05) is 18.0 Å². The van der Waals surface area contributed by atoms with Gasteiger partial charge in [-0.2, -0.15) is 0 Å². The first kappa shape index (κ1) is 15.1. The van der Waals surface area contributed by atoms with Crippen molar-refractivity contribution in [3.8, 4) is 22.6 Å². The van der Waals surface area contributed by atoms with E-state index in [1.807, 2.05) is 80.7 Å². The van der Waals surface area contributed by atoms with E-state index in [1.165, 1.54) is 0 Å². The van der Waals surface area contributed by atoms with Crippen LogP contribution in [0.1, 0.15) is 13.8 Å². The highest BCUT2D eigenvalue weighted by Crippen LogP contribution is 2.20. The number of aromatic nitrogens is 1. The molecule has 0 saturated carbocycles. The molecular formula is C20H19NO2. The predicted octanol–water partition coefficient (Wildman–Crippen LogP) is 4.29. The van der Waals surface area contributed by atoms with E-state index in [2.05, 4.69) is 0 Å². The lowest BCUT2D eigenvalue weighted by molar-refractivity contribution is 0.242. The molecule has 0 atom stereocenters. The van der Waals surface area contributed by atoms with Crippen molar-refractivity contribution >= 4 is 0 Å². The molecule has 0 N–H and O–H groups in total. The van der Waals surface area contributed by atoms with Crippen LogP contribution in [0.3, 0.4) is 0 Å². The minimum atomic E-state index is -0.0535. The molecule has 1 heterocycles. The van der Waals surface area contributed by atoms with Gasteiger partial charge in [-0.15, -0.1) is 0 Å². The molecule has 0 aliphatic rings. The Morgan fingerprint density at radius 3 is 2.17 bits per heavy atom. The molecule has 0 unspecified atom stereocenters. The zero-order valence-corrected chi connectivity index (χ0v) is 13.3. The number of hydrogen-bond donors (Lipinski definition) is 0. The van der Waals surface area contributed by atoms with Crippen LogP contribution in [0.15, 0.2) is 77.7 Å². The Morgan fingerprint density at radius 2 is 1.52 bits per heavy atom. The molecule has 0 amide bonds. The Hall–Kier alpha value is -2.81. The first-order valence-electron chi connectivity index (χ1n) is 7.69. The van der Waals surface area contributed by atoms with Gasteiger partial charge in [-0.05, 0) is 55.3 Å². The summed E-state index contributed by atoms with van der Waals surface area (Å²) in [6, 6.07) is 21.0. The van der Waals surface area contributed by atoms with Crippen LogP contribution in [0.5, 0.6) is 5.75 Å².